The minimum Gasteiger partial charge on any atom is -0.423 e. The average molecular weight is 606 g/mol. The number of amides is 2. The van der Waals surface area contributed by atoms with Gasteiger partial charge in [-0.05, 0) is 92.6 Å². The van der Waals surface area contributed by atoms with Crippen LogP contribution < -0.4 is 15.5 Å². The van der Waals surface area contributed by atoms with Crippen molar-refractivity contribution in [2.45, 2.75) is 0 Å². The van der Waals surface area contributed by atoms with Crippen molar-refractivity contribution < 1.29 is 19.1 Å². The zero-order valence-electron chi connectivity index (χ0n) is 16.5. The molecule has 0 aliphatic carbocycles. The van der Waals surface area contributed by atoms with Gasteiger partial charge in [-0.2, -0.15) is 5.10 Å². The lowest BCUT2D eigenvalue weighted by atomic mass is 10.2. The Kier molecular flexibility index (Phi) is 8.51. The molecule has 0 saturated carbocycles. The van der Waals surface area contributed by atoms with Gasteiger partial charge in [0.2, 0.25) is 0 Å². The Bertz CT molecular complexity index is 1170. The summed E-state index contributed by atoms with van der Waals surface area (Å²) < 4.78 is 6.80. The van der Waals surface area contributed by atoms with Gasteiger partial charge in [-0.1, -0.05) is 24.3 Å². The van der Waals surface area contributed by atoms with Gasteiger partial charge in [0.15, 0.2) is 0 Å². The zero-order valence-corrected chi connectivity index (χ0v) is 20.3. The number of nitrogens with zero attached hydrogens (tertiary/aromatic N) is 1. The predicted octanol–water partition coefficient (Wildman–Crippen LogP) is 4.15. The first kappa shape index (κ1) is 23.6. The monoisotopic (exact) mass is 605 g/mol. The quantitative estimate of drug-likeness (QED) is 0.139. The summed E-state index contributed by atoms with van der Waals surface area (Å²) in [6.45, 7) is -0.203. The van der Waals surface area contributed by atoms with Gasteiger partial charge in [0, 0.05) is 8.04 Å². The molecule has 3 rings (SSSR count). The van der Waals surface area contributed by atoms with Gasteiger partial charge in [-0.3, -0.25) is 9.59 Å². The Hall–Kier alpha value is -3.05. The van der Waals surface area contributed by atoms with Crippen LogP contribution in [-0.4, -0.2) is 30.5 Å². The van der Waals surface area contributed by atoms with Crippen molar-refractivity contribution >= 4 is 62.5 Å². The minimum absolute atomic E-state index is 0.203. The minimum atomic E-state index is -0.474. The summed E-state index contributed by atoms with van der Waals surface area (Å²) in [7, 11) is 0. The fraction of sp³-hybridized carbons (Fsp3) is 0.0435. The summed E-state index contributed by atoms with van der Waals surface area (Å²) >= 11 is 5.38. The molecule has 32 heavy (non-hydrogen) atoms. The Balaban J connectivity index is 1.47. The Morgan fingerprint density at radius 1 is 0.938 bits per heavy atom. The molecular formula is C23H17BrIN3O4. The average Bonchev–Trinajstić information content (AvgIpc) is 2.79. The molecule has 2 amide bonds. The van der Waals surface area contributed by atoms with Gasteiger partial charge in [0.25, 0.3) is 11.8 Å². The second kappa shape index (κ2) is 11.5. The van der Waals surface area contributed by atoms with Gasteiger partial charge in [-0.15, -0.1) is 0 Å². The third-order valence-corrected chi connectivity index (χ3v) is 5.75. The standard InChI is InChI=1S/C23H17BrIN3O4/c24-19-7-3-1-5-17(19)23(31)32-16-11-9-15(10-12-16)13-27-28-21(29)14-26-22(30)18-6-2-4-8-20(18)25/h1-13H,14H2,(H,26,30)(H,28,29). The molecule has 0 aliphatic rings. The van der Waals surface area contributed by atoms with Gasteiger partial charge in [0.1, 0.15) is 5.75 Å². The first-order valence-electron chi connectivity index (χ1n) is 9.35. The fourth-order valence-corrected chi connectivity index (χ4v) is 3.61. The number of ether oxygens (including phenoxy) is 1. The van der Waals surface area contributed by atoms with E-state index in [4.69, 9.17) is 4.74 Å². The van der Waals surface area contributed by atoms with Crippen LogP contribution in [0.3, 0.4) is 0 Å². The summed E-state index contributed by atoms with van der Waals surface area (Å²) in [5.41, 5.74) is 3.97. The van der Waals surface area contributed by atoms with Gasteiger partial charge in [-0.25, -0.2) is 10.2 Å². The van der Waals surface area contributed by atoms with Crippen LogP contribution in [0.5, 0.6) is 5.75 Å². The number of hydrogen-bond acceptors (Lipinski definition) is 5. The Morgan fingerprint density at radius 2 is 1.59 bits per heavy atom. The lowest BCUT2D eigenvalue weighted by Crippen LogP contribution is -2.35. The van der Waals surface area contributed by atoms with Crippen molar-refractivity contribution in [2.24, 2.45) is 5.10 Å². The SMILES string of the molecule is O=C(CNC(=O)c1ccccc1I)NN=Cc1ccc(OC(=O)c2ccccc2Br)cc1. The van der Waals surface area contributed by atoms with Crippen molar-refractivity contribution in [3.8, 4) is 5.75 Å². The number of carbonyl (C=O) groups excluding carboxylic acids is 3. The third kappa shape index (κ3) is 6.72. The van der Waals surface area contributed by atoms with Gasteiger partial charge in [0.05, 0.1) is 23.9 Å². The maximum Gasteiger partial charge on any atom is 0.344 e. The largest absolute Gasteiger partial charge is 0.423 e. The normalized spacial score (nSPS) is 10.6. The number of esters is 1. The number of nitrogens with one attached hydrogen (secondary N) is 2. The van der Waals surface area contributed by atoms with Crippen molar-refractivity contribution in [1.82, 2.24) is 10.7 Å². The second-order valence-electron chi connectivity index (χ2n) is 6.39. The van der Waals surface area contributed by atoms with E-state index in [0.29, 0.717) is 26.9 Å². The second-order valence-corrected chi connectivity index (χ2v) is 8.41. The maximum atomic E-state index is 12.2. The van der Waals surface area contributed by atoms with Crippen LogP contribution in [0.4, 0.5) is 0 Å². The summed E-state index contributed by atoms with van der Waals surface area (Å²) in [5.74, 6) is -0.884. The van der Waals surface area contributed by atoms with E-state index in [2.05, 4.69) is 54.4 Å². The summed E-state index contributed by atoms with van der Waals surface area (Å²) in [5, 5.41) is 6.42. The summed E-state index contributed by atoms with van der Waals surface area (Å²) in [4.78, 5) is 36.2. The molecule has 0 aromatic heterocycles. The van der Waals surface area contributed by atoms with Crippen molar-refractivity contribution in [2.75, 3.05) is 6.54 Å². The number of rotatable bonds is 7. The van der Waals surface area contributed by atoms with Crippen LogP contribution in [0.15, 0.2) is 82.4 Å². The third-order valence-electron chi connectivity index (χ3n) is 4.12. The fourth-order valence-electron chi connectivity index (χ4n) is 2.53. The molecule has 0 atom stereocenters. The molecular weight excluding hydrogens is 589 g/mol. The van der Waals surface area contributed by atoms with E-state index in [1.807, 2.05) is 18.2 Å². The Labute approximate surface area is 206 Å². The molecule has 0 fully saturated rings. The van der Waals surface area contributed by atoms with E-state index in [1.54, 1.807) is 54.6 Å². The highest BCUT2D eigenvalue weighted by Gasteiger charge is 2.12. The molecule has 2 N–H and O–H groups in total. The molecule has 3 aromatic carbocycles. The number of hydrogen-bond donors (Lipinski definition) is 2. The molecule has 162 valence electrons. The molecule has 9 heteroatoms. The van der Waals surface area contributed by atoms with Crippen molar-refractivity contribution in [3.63, 3.8) is 0 Å². The number of carbonyl (C=O) groups is 3. The highest BCUT2D eigenvalue weighted by atomic mass is 127. The molecule has 0 unspecified atom stereocenters. The number of benzene rings is 3. The van der Waals surface area contributed by atoms with Gasteiger partial charge < -0.3 is 10.1 Å². The van der Waals surface area contributed by atoms with Crippen LogP contribution in [0.1, 0.15) is 26.3 Å². The van der Waals surface area contributed by atoms with Crippen molar-refractivity contribution in [3.05, 3.63) is 97.5 Å². The van der Waals surface area contributed by atoms with E-state index in [0.717, 1.165) is 3.57 Å². The number of hydrazone groups is 1. The maximum absolute atomic E-state index is 12.2. The topological polar surface area (TPSA) is 96.9 Å². The molecule has 7 nitrogen and oxygen atoms in total. The lowest BCUT2D eigenvalue weighted by Gasteiger charge is -2.06. The molecule has 3 aromatic rings. The highest BCUT2D eigenvalue weighted by molar-refractivity contribution is 14.1. The van der Waals surface area contributed by atoms with Crippen molar-refractivity contribution in [1.29, 1.82) is 0 Å². The summed E-state index contributed by atoms with van der Waals surface area (Å²) in [6.07, 6.45) is 1.44. The van der Waals surface area contributed by atoms with Crippen LogP contribution in [0.25, 0.3) is 0 Å². The first-order valence-corrected chi connectivity index (χ1v) is 11.2. The smallest absolute Gasteiger partial charge is 0.344 e. The van der Waals surface area contributed by atoms with Crippen LogP contribution in [0, 0.1) is 3.57 Å². The highest BCUT2D eigenvalue weighted by Crippen LogP contribution is 2.19. The van der Waals surface area contributed by atoms with E-state index in [9.17, 15) is 14.4 Å². The molecule has 0 spiro atoms. The summed E-state index contributed by atoms with van der Waals surface area (Å²) in [6, 6.07) is 20.7. The lowest BCUT2D eigenvalue weighted by molar-refractivity contribution is -0.120. The van der Waals surface area contributed by atoms with E-state index >= 15 is 0 Å². The molecule has 0 radical (unpaired) electrons. The first-order chi connectivity index (χ1) is 15.4. The Morgan fingerprint density at radius 3 is 2.28 bits per heavy atom. The molecule has 0 saturated heterocycles. The van der Waals surface area contributed by atoms with Crippen LogP contribution in [0.2, 0.25) is 0 Å². The molecule has 0 aliphatic heterocycles. The molecule has 0 bridgehead atoms. The van der Waals surface area contributed by atoms with E-state index < -0.39 is 11.9 Å². The zero-order chi connectivity index (χ0) is 22.9. The van der Waals surface area contributed by atoms with E-state index in [-0.39, 0.29) is 12.5 Å². The van der Waals surface area contributed by atoms with Crippen LogP contribution in [-0.2, 0) is 4.79 Å². The van der Waals surface area contributed by atoms with Crippen LogP contribution >= 0.6 is 38.5 Å². The predicted molar refractivity (Wildman–Crippen MR) is 133 cm³/mol. The van der Waals surface area contributed by atoms with E-state index in [1.165, 1.54) is 6.21 Å². The number of halogens is 2. The van der Waals surface area contributed by atoms with Gasteiger partial charge >= 0.3 is 5.97 Å². The molecule has 0 heterocycles.